The van der Waals surface area contributed by atoms with Gasteiger partial charge in [0.1, 0.15) is 5.69 Å². The third-order valence-electron chi connectivity index (χ3n) is 6.32. The number of morpholine rings is 1. The Kier molecular flexibility index (Phi) is 4.31. The topological polar surface area (TPSA) is 123 Å². The lowest BCUT2D eigenvalue weighted by atomic mass is 9.66. The Labute approximate surface area is 176 Å². The highest BCUT2D eigenvalue weighted by molar-refractivity contribution is 6.20. The normalized spacial score (nSPS) is 27.2. The lowest BCUT2D eigenvalue weighted by Gasteiger charge is -2.55. The van der Waals surface area contributed by atoms with Crippen molar-refractivity contribution >= 4 is 34.5 Å². The summed E-state index contributed by atoms with van der Waals surface area (Å²) in [6.45, 7) is 3.93. The first-order chi connectivity index (χ1) is 14.8. The van der Waals surface area contributed by atoms with E-state index in [0.29, 0.717) is 16.6 Å². The van der Waals surface area contributed by atoms with Crippen molar-refractivity contribution in [2.45, 2.75) is 45.1 Å². The second kappa shape index (κ2) is 6.72. The molecular formula is C20H21FN4O6. The zero-order valence-electron chi connectivity index (χ0n) is 17.2. The summed E-state index contributed by atoms with van der Waals surface area (Å²) in [5.41, 5.74) is -0.573. The first-order valence-corrected chi connectivity index (χ1v) is 9.95. The van der Waals surface area contributed by atoms with Crippen LogP contribution >= 0.6 is 0 Å². The molecule has 1 spiro atoms. The molecule has 3 unspecified atom stereocenters. The highest BCUT2D eigenvalue weighted by Crippen LogP contribution is 2.49. The van der Waals surface area contributed by atoms with Gasteiger partial charge in [0.2, 0.25) is 17.4 Å². The van der Waals surface area contributed by atoms with Crippen molar-refractivity contribution in [2.75, 3.05) is 18.6 Å². The van der Waals surface area contributed by atoms with Crippen molar-refractivity contribution in [3.8, 4) is 0 Å². The Morgan fingerprint density at radius 1 is 1.29 bits per heavy atom. The number of barbiturate groups is 1. The highest BCUT2D eigenvalue weighted by Gasteiger charge is 2.63. The second-order valence-corrected chi connectivity index (χ2v) is 8.27. The van der Waals surface area contributed by atoms with Gasteiger partial charge in [-0.05, 0) is 25.5 Å². The van der Waals surface area contributed by atoms with Crippen molar-refractivity contribution in [3.63, 3.8) is 0 Å². The minimum Gasteiger partial charge on any atom is -0.378 e. The van der Waals surface area contributed by atoms with Crippen LogP contribution in [0.25, 0.3) is 11.0 Å². The third kappa shape index (κ3) is 2.62. The van der Waals surface area contributed by atoms with Crippen molar-refractivity contribution in [1.82, 2.24) is 15.8 Å². The van der Waals surface area contributed by atoms with E-state index in [1.807, 2.05) is 6.92 Å². The predicted molar refractivity (Wildman–Crippen MR) is 104 cm³/mol. The molecule has 0 radical (unpaired) electrons. The van der Waals surface area contributed by atoms with Crippen LogP contribution in [0.15, 0.2) is 10.6 Å². The fourth-order valence-electron chi connectivity index (χ4n) is 5.24. The summed E-state index contributed by atoms with van der Waals surface area (Å²) in [5.74, 6) is -2.07. The Balaban J connectivity index is 1.77. The lowest BCUT2D eigenvalue weighted by Crippen LogP contribution is -2.75. The van der Waals surface area contributed by atoms with Gasteiger partial charge in [-0.15, -0.1) is 0 Å². The lowest BCUT2D eigenvalue weighted by molar-refractivity contribution is -0.153. The van der Waals surface area contributed by atoms with E-state index in [-0.39, 0.29) is 36.9 Å². The number of rotatable bonds is 2. The molecule has 3 aliphatic rings. The number of fused-ring (bicyclic) bond motifs is 5. The maximum absolute atomic E-state index is 15.7. The molecule has 5 rings (SSSR count). The molecule has 10 nitrogen and oxygen atoms in total. The van der Waals surface area contributed by atoms with E-state index in [9.17, 15) is 14.4 Å². The monoisotopic (exact) mass is 432 g/mol. The molecule has 2 saturated heterocycles. The number of nitrogens with one attached hydrogen (secondary N) is 2. The Bertz CT molecular complexity index is 1110. The minimum atomic E-state index is -1.67. The molecule has 0 saturated carbocycles. The molecule has 1 aromatic carbocycles. The molecule has 4 heterocycles. The van der Waals surface area contributed by atoms with Crippen LogP contribution in [0.2, 0.25) is 0 Å². The van der Waals surface area contributed by atoms with Crippen LogP contribution in [0.1, 0.15) is 25.1 Å². The van der Waals surface area contributed by atoms with Gasteiger partial charge in [0.05, 0.1) is 35.9 Å². The zero-order chi connectivity index (χ0) is 22.1. The molecule has 0 bridgehead atoms. The van der Waals surface area contributed by atoms with Crippen molar-refractivity contribution in [1.29, 1.82) is 0 Å². The van der Waals surface area contributed by atoms with Gasteiger partial charge in [-0.1, -0.05) is 5.16 Å². The van der Waals surface area contributed by atoms with Crippen LogP contribution in [-0.2, 0) is 32.1 Å². The molecule has 2 aromatic rings. The van der Waals surface area contributed by atoms with Crippen LogP contribution in [0.5, 0.6) is 0 Å². The largest absolute Gasteiger partial charge is 0.378 e. The number of ether oxygens (including phenoxy) is 2. The standard InChI is InChI=1S/C20H21FN4O6/c1-8-6-25-14-10(4-11-12(7-29-3)24-31-15(11)13(14)21)5-20(16(25)9(2)30-8)17(26)22-19(28)23-18(20)27/h4,8-9,16H,5-7H2,1-3H3,(H2,22,23,26,27,28). The van der Waals surface area contributed by atoms with Gasteiger partial charge in [0.25, 0.3) is 0 Å². The molecule has 3 aliphatic heterocycles. The summed E-state index contributed by atoms with van der Waals surface area (Å²) >= 11 is 0. The van der Waals surface area contributed by atoms with E-state index in [1.54, 1.807) is 17.9 Å². The van der Waals surface area contributed by atoms with Gasteiger partial charge in [-0.2, -0.15) is 0 Å². The summed E-state index contributed by atoms with van der Waals surface area (Å²) in [5, 5.41) is 8.73. The van der Waals surface area contributed by atoms with E-state index in [1.165, 1.54) is 7.11 Å². The smallest absolute Gasteiger partial charge is 0.328 e. The van der Waals surface area contributed by atoms with E-state index in [4.69, 9.17) is 14.0 Å². The minimum absolute atomic E-state index is 0.0139. The van der Waals surface area contributed by atoms with Crippen molar-refractivity contribution < 1.29 is 32.8 Å². The fraction of sp³-hybridized carbons (Fsp3) is 0.500. The number of urea groups is 1. The maximum atomic E-state index is 15.7. The van der Waals surface area contributed by atoms with Crippen LogP contribution in [0.4, 0.5) is 14.9 Å². The van der Waals surface area contributed by atoms with Crippen molar-refractivity contribution in [3.05, 3.63) is 23.1 Å². The molecule has 164 valence electrons. The van der Waals surface area contributed by atoms with Crippen molar-refractivity contribution in [2.24, 2.45) is 5.41 Å². The third-order valence-corrected chi connectivity index (χ3v) is 6.32. The first-order valence-electron chi connectivity index (χ1n) is 9.95. The van der Waals surface area contributed by atoms with E-state index < -0.39 is 41.2 Å². The Morgan fingerprint density at radius 3 is 2.68 bits per heavy atom. The molecule has 4 amide bonds. The zero-order valence-corrected chi connectivity index (χ0v) is 17.2. The molecule has 2 N–H and O–H groups in total. The molecule has 31 heavy (non-hydrogen) atoms. The Hall–Kier alpha value is -3.05. The molecule has 1 aromatic heterocycles. The molecule has 11 heteroatoms. The summed E-state index contributed by atoms with van der Waals surface area (Å²) in [6.07, 6.45) is -0.976. The summed E-state index contributed by atoms with van der Waals surface area (Å²) in [6, 6.07) is -0.0189. The number of anilines is 1. The van der Waals surface area contributed by atoms with Crippen LogP contribution in [-0.4, -0.2) is 54.9 Å². The van der Waals surface area contributed by atoms with E-state index in [2.05, 4.69) is 15.8 Å². The molecule has 3 atom stereocenters. The number of imide groups is 2. The van der Waals surface area contributed by atoms with Gasteiger partial charge < -0.3 is 18.9 Å². The predicted octanol–water partition coefficient (Wildman–Crippen LogP) is 1.00. The number of carbonyl (C=O) groups is 3. The number of nitrogens with zero attached hydrogens (tertiary/aromatic N) is 2. The number of hydrogen-bond donors (Lipinski definition) is 2. The fourth-order valence-corrected chi connectivity index (χ4v) is 5.24. The van der Waals surface area contributed by atoms with Gasteiger partial charge in [0, 0.05) is 20.1 Å². The highest BCUT2D eigenvalue weighted by atomic mass is 19.1. The molecule has 0 aliphatic carbocycles. The number of hydrogen-bond acceptors (Lipinski definition) is 8. The second-order valence-electron chi connectivity index (χ2n) is 8.27. The summed E-state index contributed by atoms with van der Waals surface area (Å²) in [4.78, 5) is 39.7. The van der Waals surface area contributed by atoms with Crippen LogP contribution in [0, 0.1) is 11.2 Å². The van der Waals surface area contributed by atoms with Gasteiger partial charge in [0.15, 0.2) is 11.2 Å². The average molecular weight is 432 g/mol. The number of aromatic nitrogens is 1. The quantitative estimate of drug-likeness (QED) is 0.674. The number of methoxy groups -OCH3 is 1. The summed E-state index contributed by atoms with van der Waals surface area (Å²) in [7, 11) is 1.49. The Morgan fingerprint density at radius 2 is 2.00 bits per heavy atom. The van der Waals surface area contributed by atoms with Crippen LogP contribution in [0.3, 0.4) is 0 Å². The van der Waals surface area contributed by atoms with E-state index in [0.717, 1.165) is 0 Å². The number of carbonyl (C=O) groups excluding carboxylic acids is 3. The molecular weight excluding hydrogens is 411 g/mol. The molecule has 2 fully saturated rings. The van der Waals surface area contributed by atoms with E-state index >= 15 is 4.39 Å². The van der Waals surface area contributed by atoms with Gasteiger partial charge in [-0.25, -0.2) is 9.18 Å². The number of benzene rings is 1. The van der Waals surface area contributed by atoms with Gasteiger partial charge in [-0.3, -0.25) is 20.2 Å². The average Bonchev–Trinajstić information content (AvgIpc) is 3.08. The van der Waals surface area contributed by atoms with Gasteiger partial charge >= 0.3 is 6.03 Å². The number of halogens is 1. The summed E-state index contributed by atoms with van der Waals surface area (Å²) < 4.78 is 32.0. The first kappa shape index (κ1) is 19.9. The van der Waals surface area contributed by atoms with Crippen LogP contribution < -0.4 is 15.5 Å². The SMILES string of the molecule is COCc1noc2c(F)c3c(cc12)CC1(C(=O)NC(=O)NC1=O)C1C(C)OC(C)CN31. The number of amides is 4. The maximum Gasteiger partial charge on any atom is 0.328 e.